The highest BCUT2D eigenvalue weighted by Crippen LogP contribution is 2.44. The van der Waals surface area contributed by atoms with E-state index >= 15 is 0 Å². The van der Waals surface area contributed by atoms with Crippen LogP contribution in [-0.2, 0) is 4.79 Å². The smallest absolute Gasteiger partial charge is 0.223 e. The normalized spacial score (nSPS) is 20.8. The topological polar surface area (TPSA) is 43.1 Å². The second-order valence-corrected chi connectivity index (χ2v) is 3.60. The molecule has 0 atom stereocenters. The van der Waals surface area contributed by atoms with Crippen LogP contribution >= 0.6 is 0 Å². The third-order valence-electron chi connectivity index (χ3n) is 2.84. The van der Waals surface area contributed by atoms with E-state index in [9.17, 15) is 4.79 Å². The van der Waals surface area contributed by atoms with Gasteiger partial charge in [-0.15, -0.1) is 0 Å². The molecule has 11 heavy (non-hydrogen) atoms. The fraction of sp³-hybridized carbons (Fsp3) is 0.889. The molecule has 0 aromatic heterocycles. The van der Waals surface area contributed by atoms with E-state index < -0.39 is 0 Å². The summed E-state index contributed by atoms with van der Waals surface area (Å²) in [5.41, 5.74) is 5.25. The number of amides is 1. The van der Waals surface area contributed by atoms with Crippen molar-refractivity contribution in [3.63, 3.8) is 0 Å². The molecular formula is C9H17NO. The Kier molecular flexibility index (Phi) is 2.53. The van der Waals surface area contributed by atoms with E-state index in [1.165, 1.54) is 6.42 Å². The van der Waals surface area contributed by atoms with Crippen molar-refractivity contribution in [3.8, 4) is 0 Å². The first-order valence-corrected chi connectivity index (χ1v) is 4.51. The summed E-state index contributed by atoms with van der Waals surface area (Å²) in [5, 5.41) is 0. The molecule has 0 heterocycles. The van der Waals surface area contributed by atoms with Crippen LogP contribution in [0.2, 0.25) is 0 Å². The fourth-order valence-corrected chi connectivity index (χ4v) is 1.74. The molecule has 2 nitrogen and oxygen atoms in total. The number of unbranched alkanes of at least 4 members (excludes halogenated alkanes) is 1. The van der Waals surface area contributed by atoms with E-state index in [0.29, 0.717) is 0 Å². The number of primary amides is 1. The molecule has 0 bridgehead atoms. The summed E-state index contributed by atoms with van der Waals surface area (Å²) in [6.07, 6.45) is 6.56. The molecular weight excluding hydrogens is 138 g/mol. The van der Waals surface area contributed by atoms with Crippen molar-refractivity contribution in [1.82, 2.24) is 0 Å². The Morgan fingerprint density at radius 2 is 2.18 bits per heavy atom. The van der Waals surface area contributed by atoms with E-state index in [4.69, 9.17) is 5.73 Å². The van der Waals surface area contributed by atoms with Crippen LogP contribution in [0.4, 0.5) is 0 Å². The Morgan fingerprint density at radius 3 is 2.45 bits per heavy atom. The lowest BCUT2D eigenvalue weighted by atomic mass is 9.65. The molecule has 0 saturated heterocycles. The summed E-state index contributed by atoms with van der Waals surface area (Å²) in [6.45, 7) is 2.15. The summed E-state index contributed by atoms with van der Waals surface area (Å²) in [5.74, 6) is -0.0720. The van der Waals surface area contributed by atoms with E-state index in [1.54, 1.807) is 0 Å². The number of hydrogen-bond donors (Lipinski definition) is 1. The minimum Gasteiger partial charge on any atom is -0.369 e. The van der Waals surface area contributed by atoms with Gasteiger partial charge in [-0.3, -0.25) is 4.79 Å². The number of hydrogen-bond acceptors (Lipinski definition) is 1. The van der Waals surface area contributed by atoms with Crippen molar-refractivity contribution in [2.24, 2.45) is 11.1 Å². The zero-order valence-corrected chi connectivity index (χ0v) is 7.23. The van der Waals surface area contributed by atoms with Gasteiger partial charge in [0.1, 0.15) is 0 Å². The first kappa shape index (κ1) is 8.57. The zero-order chi connectivity index (χ0) is 8.32. The van der Waals surface area contributed by atoms with Crippen LogP contribution in [0.25, 0.3) is 0 Å². The predicted octanol–water partition coefficient (Wildman–Crippen LogP) is 1.83. The maximum Gasteiger partial charge on any atom is 0.223 e. The molecule has 0 aromatic carbocycles. The average molecular weight is 155 g/mol. The van der Waals surface area contributed by atoms with Crippen LogP contribution in [0.1, 0.15) is 45.4 Å². The highest BCUT2D eigenvalue weighted by molar-refractivity contribution is 5.81. The number of carbonyl (C=O) groups excluding carboxylic acids is 1. The van der Waals surface area contributed by atoms with Gasteiger partial charge in [0, 0.05) is 5.41 Å². The lowest BCUT2D eigenvalue weighted by molar-refractivity contribution is -0.133. The van der Waals surface area contributed by atoms with E-state index in [2.05, 4.69) is 6.92 Å². The van der Waals surface area contributed by atoms with Gasteiger partial charge in [-0.2, -0.15) is 0 Å². The van der Waals surface area contributed by atoms with Crippen LogP contribution in [0.3, 0.4) is 0 Å². The molecule has 0 aliphatic heterocycles. The monoisotopic (exact) mass is 155 g/mol. The van der Waals surface area contributed by atoms with Gasteiger partial charge in [0.15, 0.2) is 0 Å². The number of nitrogens with two attached hydrogens (primary N) is 1. The third-order valence-corrected chi connectivity index (χ3v) is 2.84. The summed E-state index contributed by atoms with van der Waals surface area (Å²) < 4.78 is 0. The molecule has 2 heteroatoms. The molecule has 0 spiro atoms. The first-order valence-electron chi connectivity index (χ1n) is 4.51. The lowest BCUT2D eigenvalue weighted by Gasteiger charge is -2.38. The van der Waals surface area contributed by atoms with E-state index in [1.807, 2.05) is 0 Å². The molecule has 1 fully saturated rings. The standard InChI is InChI=1S/C9H17NO/c1-2-3-5-9(8(10)11)6-4-7-9/h2-7H2,1H3,(H2,10,11). The molecule has 0 radical (unpaired) electrons. The Morgan fingerprint density at radius 1 is 1.55 bits per heavy atom. The highest BCUT2D eigenvalue weighted by atomic mass is 16.1. The average Bonchev–Trinajstić information content (AvgIpc) is 1.85. The molecule has 0 unspecified atom stereocenters. The van der Waals surface area contributed by atoms with Crippen LogP contribution in [0.15, 0.2) is 0 Å². The van der Waals surface area contributed by atoms with Crippen molar-refractivity contribution in [2.45, 2.75) is 45.4 Å². The molecule has 1 rings (SSSR count). The Bertz CT molecular complexity index is 150. The third kappa shape index (κ3) is 1.55. The predicted molar refractivity (Wildman–Crippen MR) is 45.0 cm³/mol. The Balaban J connectivity index is 2.40. The highest BCUT2D eigenvalue weighted by Gasteiger charge is 2.41. The Labute approximate surface area is 68.2 Å². The SMILES string of the molecule is CCCCC1(C(N)=O)CCC1. The van der Waals surface area contributed by atoms with Crippen molar-refractivity contribution >= 4 is 5.91 Å². The minimum atomic E-state index is -0.0873. The van der Waals surface area contributed by atoms with Crippen molar-refractivity contribution in [3.05, 3.63) is 0 Å². The zero-order valence-electron chi connectivity index (χ0n) is 7.23. The van der Waals surface area contributed by atoms with Gasteiger partial charge in [0.05, 0.1) is 0 Å². The molecule has 1 saturated carbocycles. The summed E-state index contributed by atoms with van der Waals surface area (Å²) in [6, 6.07) is 0. The molecule has 64 valence electrons. The number of carbonyl (C=O) groups is 1. The summed E-state index contributed by atoms with van der Waals surface area (Å²) >= 11 is 0. The van der Waals surface area contributed by atoms with Gasteiger partial charge in [-0.25, -0.2) is 0 Å². The fourth-order valence-electron chi connectivity index (χ4n) is 1.74. The molecule has 0 aromatic rings. The van der Waals surface area contributed by atoms with Gasteiger partial charge < -0.3 is 5.73 Å². The number of rotatable bonds is 4. The molecule has 2 N–H and O–H groups in total. The van der Waals surface area contributed by atoms with Crippen molar-refractivity contribution in [1.29, 1.82) is 0 Å². The molecule has 1 amide bonds. The Hall–Kier alpha value is -0.530. The van der Waals surface area contributed by atoms with Crippen molar-refractivity contribution in [2.75, 3.05) is 0 Å². The van der Waals surface area contributed by atoms with Crippen LogP contribution in [0, 0.1) is 5.41 Å². The minimum absolute atomic E-state index is 0.0720. The van der Waals surface area contributed by atoms with Gasteiger partial charge in [0.25, 0.3) is 0 Å². The van der Waals surface area contributed by atoms with Crippen LogP contribution in [-0.4, -0.2) is 5.91 Å². The summed E-state index contributed by atoms with van der Waals surface area (Å²) in [4.78, 5) is 11.0. The van der Waals surface area contributed by atoms with E-state index in [0.717, 1.165) is 32.1 Å². The van der Waals surface area contributed by atoms with Gasteiger partial charge in [0.2, 0.25) is 5.91 Å². The molecule has 1 aliphatic rings. The van der Waals surface area contributed by atoms with Gasteiger partial charge >= 0.3 is 0 Å². The van der Waals surface area contributed by atoms with Gasteiger partial charge in [-0.05, 0) is 19.3 Å². The first-order chi connectivity index (χ1) is 5.21. The lowest BCUT2D eigenvalue weighted by Crippen LogP contribution is -2.42. The summed E-state index contributed by atoms with van der Waals surface area (Å²) in [7, 11) is 0. The van der Waals surface area contributed by atoms with E-state index in [-0.39, 0.29) is 11.3 Å². The van der Waals surface area contributed by atoms with Gasteiger partial charge in [-0.1, -0.05) is 26.2 Å². The largest absolute Gasteiger partial charge is 0.369 e. The molecule has 1 aliphatic carbocycles. The van der Waals surface area contributed by atoms with Crippen molar-refractivity contribution < 1.29 is 4.79 Å². The van der Waals surface area contributed by atoms with Crippen LogP contribution < -0.4 is 5.73 Å². The second-order valence-electron chi connectivity index (χ2n) is 3.60. The maximum atomic E-state index is 11.0. The maximum absolute atomic E-state index is 11.0. The van der Waals surface area contributed by atoms with Crippen LogP contribution in [0.5, 0.6) is 0 Å². The quantitative estimate of drug-likeness (QED) is 0.661. The second kappa shape index (κ2) is 3.24.